The van der Waals surface area contributed by atoms with Gasteiger partial charge in [-0.05, 0) is 61.4 Å². The number of ether oxygens (including phenoxy) is 3. The lowest BCUT2D eigenvalue weighted by molar-refractivity contribution is -0.161. The molecule has 0 saturated carbocycles. The Bertz CT molecular complexity index is 1470. The molecule has 0 spiro atoms. The van der Waals surface area contributed by atoms with E-state index in [4.69, 9.17) is 14.2 Å². The number of aryl methyl sites for hydroxylation is 1. The van der Waals surface area contributed by atoms with Gasteiger partial charge in [0.25, 0.3) is 10.0 Å². The van der Waals surface area contributed by atoms with Gasteiger partial charge in [0.2, 0.25) is 12.0 Å². The minimum Gasteiger partial charge on any atom is -0.497 e. The maximum atomic E-state index is 14.3. The van der Waals surface area contributed by atoms with Crippen LogP contribution in [0.1, 0.15) is 35.6 Å². The van der Waals surface area contributed by atoms with Gasteiger partial charge in [0.05, 0.1) is 36.3 Å². The standard InChI is InChI=1S/C29H29NO7S/c1-4-36-28(31)25-17-23-22-7-5-6-8-24(22)30(38(33,34)21-15-9-18(2)10-16-21)27(26(23)29(32)37-25)19-11-13-20(35-3)14-12-19/h5-17,23,26-27,29,32H,4H2,1-3H3/t23-,26+,27-,29+/m1/s1. The monoisotopic (exact) mass is 535 g/mol. The molecule has 3 aromatic rings. The summed E-state index contributed by atoms with van der Waals surface area (Å²) in [5, 5.41) is 11.3. The highest BCUT2D eigenvalue weighted by molar-refractivity contribution is 7.92. The molecule has 198 valence electrons. The van der Waals surface area contributed by atoms with Crippen LogP contribution in [-0.4, -0.2) is 39.5 Å². The topological polar surface area (TPSA) is 102 Å². The molecule has 3 aromatic carbocycles. The van der Waals surface area contributed by atoms with Crippen LogP contribution in [0.25, 0.3) is 0 Å². The first-order chi connectivity index (χ1) is 18.3. The molecule has 0 aromatic heterocycles. The number of esters is 1. The lowest BCUT2D eigenvalue weighted by Crippen LogP contribution is -2.50. The summed E-state index contributed by atoms with van der Waals surface area (Å²) in [5.41, 5.74) is 2.69. The van der Waals surface area contributed by atoms with E-state index in [2.05, 4.69) is 0 Å². The third kappa shape index (κ3) is 4.41. The second kappa shape index (κ2) is 10.2. The fourth-order valence-corrected chi connectivity index (χ4v) is 6.90. The summed E-state index contributed by atoms with van der Waals surface area (Å²) in [6.45, 7) is 3.72. The van der Waals surface area contributed by atoms with Gasteiger partial charge in [-0.2, -0.15) is 0 Å². The van der Waals surface area contributed by atoms with Gasteiger partial charge >= 0.3 is 5.97 Å². The zero-order chi connectivity index (χ0) is 27.0. The SMILES string of the molecule is CCOC(=O)C1=C[C@@H]2c3ccccc3N(S(=O)(=O)c3ccc(C)cc3)[C@H](c3ccc(OC)cc3)[C@H]2[C@@H](O)O1. The van der Waals surface area contributed by atoms with Crippen molar-refractivity contribution >= 4 is 21.7 Å². The molecule has 2 aliphatic rings. The summed E-state index contributed by atoms with van der Waals surface area (Å²) >= 11 is 0. The zero-order valence-electron chi connectivity index (χ0n) is 21.3. The number of methoxy groups -OCH3 is 1. The van der Waals surface area contributed by atoms with Gasteiger partial charge < -0.3 is 19.3 Å². The number of benzene rings is 3. The van der Waals surface area contributed by atoms with E-state index in [1.165, 1.54) is 4.31 Å². The van der Waals surface area contributed by atoms with Crippen molar-refractivity contribution in [3.8, 4) is 5.75 Å². The van der Waals surface area contributed by atoms with Crippen LogP contribution in [0.2, 0.25) is 0 Å². The lowest BCUT2D eigenvalue weighted by Gasteiger charge is -2.48. The molecule has 2 aliphatic heterocycles. The first kappa shape index (κ1) is 25.8. The van der Waals surface area contributed by atoms with Crippen LogP contribution in [0.3, 0.4) is 0 Å². The summed E-state index contributed by atoms with van der Waals surface area (Å²) in [6, 6.07) is 20.0. The third-order valence-electron chi connectivity index (χ3n) is 6.98. The molecule has 0 unspecified atom stereocenters. The fraction of sp³-hybridized carbons (Fsp3) is 0.276. The Kier molecular flexibility index (Phi) is 6.90. The van der Waals surface area contributed by atoms with Crippen molar-refractivity contribution in [1.82, 2.24) is 0 Å². The number of carbonyl (C=O) groups is 1. The van der Waals surface area contributed by atoms with Crippen LogP contribution in [-0.2, 0) is 24.3 Å². The Hall–Kier alpha value is -3.82. The molecule has 2 heterocycles. The number of sulfonamides is 1. The van der Waals surface area contributed by atoms with Gasteiger partial charge in [0, 0.05) is 5.92 Å². The highest BCUT2D eigenvalue weighted by atomic mass is 32.2. The maximum absolute atomic E-state index is 14.3. The average molecular weight is 536 g/mol. The van der Waals surface area contributed by atoms with Crippen LogP contribution in [0.4, 0.5) is 5.69 Å². The van der Waals surface area contributed by atoms with E-state index in [0.717, 1.165) is 5.56 Å². The Balaban J connectivity index is 1.75. The summed E-state index contributed by atoms with van der Waals surface area (Å²) in [7, 11) is -2.54. The molecule has 0 radical (unpaired) electrons. The largest absolute Gasteiger partial charge is 0.497 e. The first-order valence-electron chi connectivity index (χ1n) is 12.3. The molecule has 8 nitrogen and oxygen atoms in total. The van der Waals surface area contributed by atoms with Crippen molar-refractivity contribution in [2.75, 3.05) is 18.0 Å². The van der Waals surface area contributed by atoms with E-state index in [1.807, 2.05) is 13.0 Å². The van der Waals surface area contributed by atoms with Crippen LogP contribution in [0.15, 0.2) is 89.5 Å². The van der Waals surface area contributed by atoms with E-state index >= 15 is 0 Å². The number of fused-ring (bicyclic) bond motifs is 3. The zero-order valence-corrected chi connectivity index (χ0v) is 22.1. The third-order valence-corrected chi connectivity index (χ3v) is 8.79. The summed E-state index contributed by atoms with van der Waals surface area (Å²) in [4.78, 5) is 12.7. The number of allylic oxidation sites excluding steroid dienone is 1. The molecule has 4 atom stereocenters. The molecule has 0 fully saturated rings. The van der Waals surface area contributed by atoms with Gasteiger partial charge in [0.1, 0.15) is 5.75 Å². The van der Waals surface area contributed by atoms with E-state index in [0.29, 0.717) is 22.6 Å². The molecule has 1 N–H and O–H groups in total. The molecule has 5 rings (SSSR count). The van der Waals surface area contributed by atoms with Crippen molar-refractivity contribution in [2.24, 2.45) is 5.92 Å². The van der Waals surface area contributed by atoms with E-state index in [-0.39, 0.29) is 17.3 Å². The maximum Gasteiger partial charge on any atom is 0.373 e. The second-order valence-electron chi connectivity index (χ2n) is 9.25. The Labute approximate surface area is 222 Å². The van der Waals surface area contributed by atoms with Crippen molar-refractivity contribution in [2.45, 2.75) is 37.0 Å². The molecule has 0 aliphatic carbocycles. The molecule has 0 saturated heterocycles. The second-order valence-corrected chi connectivity index (χ2v) is 11.1. The molecular formula is C29H29NO7S. The van der Waals surface area contributed by atoms with Crippen molar-refractivity contribution in [3.63, 3.8) is 0 Å². The Morgan fingerprint density at radius 2 is 1.71 bits per heavy atom. The Morgan fingerprint density at radius 3 is 2.37 bits per heavy atom. The highest BCUT2D eigenvalue weighted by Crippen LogP contribution is 2.54. The highest BCUT2D eigenvalue weighted by Gasteiger charge is 2.52. The number of aliphatic hydroxyl groups excluding tert-OH is 1. The number of hydrogen-bond donors (Lipinski definition) is 1. The fourth-order valence-electron chi connectivity index (χ4n) is 5.21. The van der Waals surface area contributed by atoms with Gasteiger partial charge in [-0.1, -0.05) is 48.0 Å². The van der Waals surface area contributed by atoms with Crippen LogP contribution in [0, 0.1) is 12.8 Å². The van der Waals surface area contributed by atoms with Crippen molar-refractivity contribution < 1.29 is 32.5 Å². The van der Waals surface area contributed by atoms with Gasteiger partial charge in [-0.3, -0.25) is 4.31 Å². The summed E-state index contributed by atoms with van der Waals surface area (Å²) < 4.78 is 46.0. The molecular weight excluding hydrogens is 506 g/mol. The van der Waals surface area contributed by atoms with Gasteiger partial charge in [-0.15, -0.1) is 0 Å². The number of rotatable bonds is 6. The predicted octanol–water partition coefficient (Wildman–Crippen LogP) is 4.45. The Morgan fingerprint density at radius 1 is 1.03 bits per heavy atom. The van der Waals surface area contributed by atoms with Crippen LogP contribution in [0.5, 0.6) is 5.75 Å². The van der Waals surface area contributed by atoms with E-state index < -0.39 is 40.2 Å². The molecule has 9 heteroatoms. The minimum absolute atomic E-state index is 0.0984. The quantitative estimate of drug-likeness (QED) is 0.465. The molecule has 38 heavy (non-hydrogen) atoms. The van der Waals surface area contributed by atoms with Crippen LogP contribution >= 0.6 is 0 Å². The smallest absolute Gasteiger partial charge is 0.373 e. The number of carbonyl (C=O) groups excluding carboxylic acids is 1. The van der Waals surface area contributed by atoms with Crippen molar-refractivity contribution in [1.29, 1.82) is 0 Å². The first-order valence-corrected chi connectivity index (χ1v) is 13.8. The number of aliphatic hydroxyl groups is 1. The number of para-hydroxylation sites is 1. The average Bonchev–Trinajstić information content (AvgIpc) is 2.92. The summed E-state index contributed by atoms with van der Waals surface area (Å²) in [6.07, 6.45) is 0.140. The normalized spacial score (nSPS) is 22.4. The van der Waals surface area contributed by atoms with E-state index in [1.54, 1.807) is 86.8 Å². The van der Waals surface area contributed by atoms with Gasteiger partial charge in [-0.25, -0.2) is 13.2 Å². The lowest BCUT2D eigenvalue weighted by atomic mass is 9.73. The predicted molar refractivity (Wildman–Crippen MR) is 141 cm³/mol. The van der Waals surface area contributed by atoms with E-state index in [9.17, 15) is 18.3 Å². The van der Waals surface area contributed by atoms with Crippen molar-refractivity contribution in [3.05, 3.63) is 101 Å². The number of nitrogens with zero attached hydrogens (tertiary/aromatic N) is 1. The van der Waals surface area contributed by atoms with Crippen LogP contribution < -0.4 is 9.04 Å². The number of anilines is 1. The van der Waals surface area contributed by atoms with Gasteiger partial charge in [0.15, 0.2) is 0 Å². The minimum atomic E-state index is -4.09. The molecule has 0 bridgehead atoms. The number of hydrogen-bond acceptors (Lipinski definition) is 7. The molecule has 0 amide bonds. The summed E-state index contributed by atoms with van der Waals surface area (Å²) in [5.74, 6) is -1.46.